The first-order valence-electron chi connectivity index (χ1n) is 6.37. The molecule has 0 spiro atoms. The van der Waals surface area contributed by atoms with E-state index in [9.17, 15) is 5.11 Å². The molecule has 0 saturated carbocycles. The van der Waals surface area contributed by atoms with Crippen LogP contribution in [0.2, 0.25) is 4.34 Å². The number of thiazole rings is 1. The fourth-order valence-electron chi connectivity index (χ4n) is 1.68. The highest BCUT2D eigenvalue weighted by atomic mass is 35.5. The molecule has 0 saturated heterocycles. The van der Waals surface area contributed by atoms with Crippen molar-refractivity contribution in [3.8, 4) is 0 Å². The summed E-state index contributed by atoms with van der Waals surface area (Å²) in [6.45, 7) is 3.01. The third-order valence-corrected chi connectivity index (χ3v) is 4.95. The van der Waals surface area contributed by atoms with Crippen LogP contribution in [0.4, 0.5) is 0 Å². The normalized spacial score (nSPS) is 13.2. The smallest absolute Gasteiger partial charge is 0.191 e. The molecule has 3 N–H and O–H groups in total. The Morgan fingerprint density at radius 1 is 1.43 bits per heavy atom. The summed E-state index contributed by atoms with van der Waals surface area (Å²) in [5, 5.41) is 17.4. The molecular formula is C13H17ClN4OS2. The number of nitrogens with one attached hydrogen (secondary N) is 2. The second kappa shape index (κ2) is 7.74. The van der Waals surface area contributed by atoms with Crippen LogP contribution in [0.25, 0.3) is 0 Å². The Kier molecular flexibility index (Phi) is 5.98. The van der Waals surface area contributed by atoms with E-state index in [1.807, 2.05) is 19.2 Å². The van der Waals surface area contributed by atoms with Crippen LogP contribution in [0, 0.1) is 6.92 Å². The molecule has 0 radical (unpaired) electrons. The minimum absolute atomic E-state index is 0.373. The zero-order valence-corrected chi connectivity index (χ0v) is 14.1. The third-order valence-electron chi connectivity index (χ3n) is 2.71. The predicted octanol–water partition coefficient (Wildman–Crippen LogP) is 2.57. The van der Waals surface area contributed by atoms with Gasteiger partial charge < -0.3 is 15.7 Å². The lowest BCUT2D eigenvalue weighted by molar-refractivity contribution is 0.184. The van der Waals surface area contributed by atoms with Gasteiger partial charge in [-0.15, -0.1) is 22.7 Å². The van der Waals surface area contributed by atoms with E-state index in [0.717, 1.165) is 14.8 Å². The van der Waals surface area contributed by atoms with Crippen molar-refractivity contribution in [3.63, 3.8) is 0 Å². The lowest BCUT2D eigenvalue weighted by Crippen LogP contribution is -2.38. The van der Waals surface area contributed by atoms with Crippen LogP contribution in [0.3, 0.4) is 0 Å². The van der Waals surface area contributed by atoms with Gasteiger partial charge in [-0.2, -0.15) is 0 Å². The standard InChI is InChI=1S/C13H17ClN4OS2/c1-8-16-5-9(20-8)6-17-13(15-2)18-7-10(19)11-3-4-12(14)21-11/h3-5,10,19H,6-7H2,1-2H3,(H2,15,17,18). The van der Waals surface area contributed by atoms with Gasteiger partial charge in [0.25, 0.3) is 0 Å². The highest BCUT2D eigenvalue weighted by Crippen LogP contribution is 2.26. The number of aryl methyl sites for hydroxylation is 1. The van der Waals surface area contributed by atoms with Gasteiger partial charge in [-0.1, -0.05) is 11.6 Å². The first-order chi connectivity index (χ1) is 10.1. The van der Waals surface area contributed by atoms with Crippen LogP contribution in [-0.4, -0.2) is 29.6 Å². The molecule has 0 bridgehead atoms. The minimum Gasteiger partial charge on any atom is -0.386 e. The number of aromatic nitrogens is 1. The van der Waals surface area contributed by atoms with Crippen molar-refractivity contribution < 1.29 is 5.11 Å². The predicted molar refractivity (Wildman–Crippen MR) is 89.3 cm³/mol. The molecule has 2 rings (SSSR count). The average Bonchev–Trinajstić information content (AvgIpc) is 3.07. The molecule has 8 heteroatoms. The van der Waals surface area contributed by atoms with Gasteiger partial charge in [-0.3, -0.25) is 4.99 Å². The van der Waals surface area contributed by atoms with E-state index in [-0.39, 0.29) is 0 Å². The Labute approximate surface area is 136 Å². The van der Waals surface area contributed by atoms with Crippen LogP contribution in [0.1, 0.15) is 20.9 Å². The van der Waals surface area contributed by atoms with Crippen molar-refractivity contribution in [1.29, 1.82) is 0 Å². The molecule has 2 aromatic rings. The maximum Gasteiger partial charge on any atom is 0.191 e. The van der Waals surface area contributed by atoms with Gasteiger partial charge in [0.15, 0.2) is 5.96 Å². The molecule has 1 unspecified atom stereocenters. The molecule has 0 fully saturated rings. The number of hydrogen-bond donors (Lipinski definition) is 3. The Morgan fingerprint density at radius 3 is 2.81 bits per heavy atom. The van der Waals surface area contributed by atoms with Crippen molar-refractivity contribution in [1.82, 2.24) is 15.6 Å². The number of thiophene rings is 1. The summed E-state index contributed by atoms with van der Waals surface area (Å²) >= 11 is 8.88. The molecule has 0 aliphatic carbocycles. The Balaban J connectivity index is 1.80. The van der Waals surface area contributed by atoms with E-state index in [1.165, 1.54) is 11.3 Å². The van der Waals surface area contributed by atoms with Gasteiger partial charge in [0.2, 0.25) is 0 Å². The van der Waals surface area contributed by atoms with Crippen molar-refractivity contribution >= 4 is 40.2 Å². The minimum atomic E-state index is -0.605. The number of aliphatic imine (C=N–C) groups is 1. The molecule has 21 heavy (non-hydrogen) atoms. The number of aliphatic hydroxyl groups excluding tert-OH is 1. The molecular weight excluding hydrogens is 328 g/mol. The number of guanidine groups is 1. The zero-order valence-electron chi connectivity index (χ0n) is 11.8. The van der Waals surface area contributed by atoms with Gasteiger partial charge in [-0.05, 0) is 19.1 Å². The summed E-state index contributed by atoms with van der Waals surface area (Å²) in [6, 6.07) is 3.61. The third kappa shape index (κ3) is 4.96. The number of hydrogen-bond acceptors (Lipinski definition) is 5. The van der Waals surface area contributed by atoms with E-state index in [0.29, 0.717) is 23.4 Å². The molecule has 0 aromatic carbocycles. The fraction of sp³-hybridized carbons (Fsp3) is 0.385. The van der Waals surface area contributed by atoms with E-state index < -0.39 is 6.10 Å². The van der Waals surface area contributed by atoms with Gasteiger partial charge in [0.05, 0.1) is 15.9 Å². The fourth-order valence-corrected chi connectivity index (χ4v) is 3.46. The molecule has 0 amide bonds. The van der Waals surface area contributed by atoms with Gasteiger partial charge >= 0.3 is 0 Å². The largest absolute Gasteiger partial charge is 0.386 e. The van der Waals surface area contributed by atoms with Gasteiger partial charge in [0.1, 0.15) is 6.10 Å². The summed E-state index contributed by atoms with van der Waals surface area (Å²) in [5.74, 6) is 0.641. The summed E-state index contributed by atoms with van der Waals surface area (Å²) in [7, 11) is 1.70. The molecule has 0 aliphatic rings. The maximum atomic E-state index is 10.1. The highest BCUT2D eigenvalue weighted by molar-refractivity contribution is 7.16. The van der Waals surface area contributed by atoms with Gasteiger partial charge in [-0.25, -0.2) is 4.98 Å². The molecule has 0 aliphatic heterocycles. The Bertz CT molecular complexity index is 611. The molecule has 1 atom stereocenters. The van der Waals surface area contributed by atoms with Gasteiger partial charge in [0, 0.05) is 29.5 Å². The monoisotopic (exact) mass is 344 g/mol. The van der Waals surface area contributed by atoms with Crippen LogP contribution in [0.15, 0.2) is 23.3 Å². The van der Waals surface area contributed by atoms with Crippen molar-refractivity contribution in [3.05, 3.63) is 37.4 Å². The van der Waals surface area contributed by atoms with Crippen LogP contribution >= 0.6 is 34.3 Å². The topological polar surface area (TPSA) is 69.5 Å². The molecule has 114 valence electrons. The number of nitrogens with zero attached hydrogens (tertiary/aromatic N) is 2. The molecule has 2 heterocycles. The quantitative estimate of drug-likeness (QED) is 0.576. The molecule has 2 aromatic heterocycles. The summed E-state index contributed by atoms with van der Waals surface area (Å²) in [5.41, 5.74) is 0. The average molecular weight is 345 g/mol. The SMILES string of the molecule is CN=C(NCc1cnc(C)s1)NCC(O)c1ccc(Cl)s1. The summed E-state index contributed by atoms with van der Waals surface area (Å²) in [6.07, 6.45) is 1.25. The number of halogens is 1. The van der Waals surface area contributed by atoms with E-state index in [1.54, 1.807) is 24.5 Å². The Morgan fingerprint density at radius 2 is 2.24 bits per heavy atom. The zero-order chi connectivity index (χ0) is 15.2. The van der Waals surface area contributed by atoms with Crippen molar-refractivity contribution in [2.75, 3.05) is 13.6 Å². The van der Waals surface area contributed by atoms with E-state index in [2.05, 4.69) is 20.6 Å². The summed E-state index contributed by atoms with van der Waals surface area (Å²) in [4.78, 5) is 10.3. The van der Waals surface area contributed by atoms with Crippen LogP contribution in [-0.2, 0) is 6.54 Å². The van der Waals surface area contributed by atoms with Crippen LogP contribution < -0.4 is 10.6 Å². The van der Waals surface area contributed by atoms with Crippen LogP contribution in [0.5, 0.6) is 0 Å². The number of aliphatic hydroxyl groups is 1. The highest BCUT2D eigenvalue weighted by Gasteiger charge is 2.11. The molecule has 5 nitrogen and oxygen atoms in total. The second-order valence-corrected chi connectivity index (χ2v) is 7.38. The maximum absolute atomic E-state index is 10.1. The lowest BCUT2D eigenvalue weighted by atomic mass is 10.3. The number of rotatable bonds is 5. The Hall–Kier alpha value is -1.15. The van der Waals surface area contributed by atoms with E-state index >= 15 is 0 Å². The first-order valence-corrected chi connectivity index (χ1v) is 8.38. The van der Waals surface area contributed by atoms with Crippen molar-refractivity contribution in [2.45, 2.75) is 19.6 Å². The second-order valence-electron chi connectivity index (χ2n) is 4.31. The summed E-state index contributed by atoms with van der Waals surface area (Å²) < 4.78 is 0.673. The van der Waals surface area contributed by atoms with Crippen molar-refractivity contribution in [2.24, 2.45) is 4.99 Å². The van der Waals surface area contributed by atoms with E-state index in [4.69, 9.17) is 11.6 Å². The lowest BCUT2D eigenvalue weighted by Gasteiger charge is -2.14. The first kappa shape index (κ1) is 16.2.